The van der Waals surface area contributed by atoms with E-state index in [1.807, 2.05) is 0 Å². The zero-order chi connectivity index (χ0) is 32.1. The Bertz CT molecular complexity index is 1600. The Morgan fingerprint density at radius 3 is 2.33 bits per heavy atom. The number of pyridine rings is 1. The summed E-state index contributed by atoms with van der Waals surface area (Å²) >= 11 is 6.02. The Balaban J connectivity index is 1.31. The molecule has 0 spiro atoms. The largest absolute Gasteiger partial charge is 0.467 e. The molecule has 1 saturated carbocycles. The van der Waals surface area contributed by atoms with E-state index in [0.717, 1.165) is 0 Å². The van der Waals surface area contributed by atoms with Crippen LogP contribution >= 0.6 is 11.6 Å². The summed E-state index contributed by atoms with van der Waals surface area (Å²) in [7, 11) is 1.44. The van der Waals surface area contributed by atoms with Crippen LogP contribution in [0, 0.1) is 0 Å². The number of aromatic nitrogens is 7. The van der Waals surface area contributed by atoms with Crippen molar-refractivity contribution in [3.8, 4) is 28.5 Å². The number of halogens is 6. The third-order valence-electron chi connectivity index (χ3n) is 7.07. The van der Waals surface area contributed by atoms with E-state index in [1.165, 1.54) is 24.4 Å². The van der Waals surface area contributed by atoms with Crippen LogP contribution in [0.5, 0.6) is 6.01 Å². The molecule has 2 amide bonds. The predicted octanol–water partition coefficient (Wildman–Crippen LogP) is 5.60. The fourth-order valence-electron chi connectivity index (χ4n) is 4.92. The van der Waals surface area contributed by atoms with Gasteiger partial charge in [-0.05, 0) is 37.8 Å². The molecule has 238 valence electrons. The van der Waals surface area contributed by atoms with Gasteiger partial charge >= 0.3 is 18.2 Å². The van der Waals surface area contributed by atoms with Crippen LogP contribution in [0.1, 0.15) is 31.2 Å². The summed E-state index contributed by atoms with van der Waals surface area (Å²) in [6.45, 7) is -0.832. The Labute approximate surface area is 257 Å². The zero-order valence-corrected chi connectivity index (χ0v) is 24.3. The van der Waals surface area contributed by atoms with Crippen molar-refractivity contribution in [2.75, 3.05) is 23.9 Å². The zero-order valence-electron chi connectivity index (χ0n) is 23.5. The van der Waals surface area contributed by atoms with Gasteiger partial charge in [-0.2, -0.15) is 18.3 Å². The minimum absolute atomic E-state index is 0.0326. The van der Waals surface area contributed by atoms with E-state index in [-0.39, 0.29) is 34.5 Å². The number of H-pyrrole nitrogens is 1. The molecule has 0 bridgehead atoms. The second kappa shape index (κ2) is 13.5. The Kier molecular flexibility index (Phi) is 9.55. The number of nitrogens with one attached hydrogen (secondary N) is 3. The lowest BCUT2D eigenvalue weighted by atomic mass is 9.90. The Morgan fingerprint density at radius 1 is 1.04 bits per heavy atom. The maximum absolute atomic E-state index is 13.6. The molecule has 0 unspecified atom stereocenters. The molecule has 4 aromatic rings. The first-order valence-electron chi connectivity index (χ1n) is 13.6. The van der Waals surface area contributed by atoms with Crippen LogP contribution in [-0.4, -0.2) is 73.3 Å². The summed E-state index contributed by atoms with van der Waals surface area (Å²) in [5.74, 6) is 0.203. The highest BCUT2D eigenvalue weighted by Crippen LogP contribution is 2.38. The third-order valence-corrected chi connectivity index (χ3v) is 7.36. The molecule has 4 heterocycles. The second-order valence-electron chi connectivity index (χ2n) is 10.00. The van der Waals surface area contributed by atoms with Gasteiger partial charge in [0.05, 0.1) is 18.7 Å². The summed E-state index contributed by atoms with van der Waals surface area (Å²) in [4.78, 5) is 34.9. The van der Waals surface area contributed by atoms with Crippen LogP contribution < -0.4 is 20.3 Å². The monoisotopic (exact) mass is 652 g/mol. The maximum Gasteiger partial charge on any atom is 0.420 e. The highest BCUT2D eigenvalue weighted by Gasteiger charge is 2.37. The molecule has 45 heavy (non-hydrogen) atoms. The van der Waals surface area contributed by atoms with E-state index < -0.39 is 42.5 Å². The standard InChI is InChI=1S/C27H26ClF5N10O2/c1-45-25-36-9-15(10-37-25)14-2-7-21(34-8-14)43(26(44)38-13-20(29)30)17-5-3-16(4-6-17)40-24-35-11-18(27(31,32)33)22(41-24)23-19(28)12-39-42-23/h2,7-12,16-17,20H,3-6,13H2,1H3,(H,38,44)(H,39,42)(H,35,40,41). The summed E-state index contributed by atoms with van der Waals surface area (Å²) in [6.07, 6.45) is 0.835. The van der Waals surface area contributed by atoms with Crippen LogP contribution in [0.15, 0.2) is 43.1 Å². The van der Waals surface area contributed by atoms with Crippen molar-refractivity contribution in [2.24, 2.45) is 0 Å². The van der Waals surface area contributed by atoms with Gasteiger partial charge in [0.15, 0.2) is 0 Å². The average Bonchev–Trinajstić information content (AvgIpc) is 3.46. The topological polar surface area (TPSA) is 147 Å². The molecule has 0 aromatic carbocycles. The molecule has 4 aromatic heterocycles. The molecule has 0 saturated heterocycles. The van der Waals surface area contributed by atoms with Gasteiger partial charge in [0, 0.05) is 54.2 Å². The fraction of sp³-hybridized carbons (Fsp3) is 0.370. The average molecular weight is 653 g/mol. The van der Waals surface area contributed by atoms with Gasteiger partial charge in [0.25, 0.3) is 6.43 Å². The maximum atomic E-state index is 13.6. The van der Waals surface area contributed by atoms with Gasteiger partial charge in [-0.3, -0.25) is 10.00 Å². The number of anilines is 2. The quantitative estimate of drug-likeness (QED) is 0.197. The first-order chi connectivity index (χ1) is 21.5. The van der Waals surface area contributed by atoms with Crippen LogP contribution in [-0.2, 0) is 6.18 Å². The molecule has 5 rings (SSSR count). The molecule has 0 atom stereocenters. The number of hydrogen-bond acceptors (Lipinski definition) is 9. The van der Waals surface area contributed by atoms with E-state index in [1.54, 1.807) is 24.5 Å². The van der Waals surface area contributed by atoms with E-state index in [9.17, 15) is 26.7 Å². The van der Waals surface area contributed by atoms with Crippen LogP contribution in [0.3, 0.4) is 0 Å². The van der Waals surface area contributed by atoms with Gasteiger partial charge in [-0.25, -0.2) is 38.5 Å². The lowest BCUT2D eigenvalue weighted by Crippen LogP contribution is -2.50. The van der Waals surface area contributed by atoms with Gasteiger partial charge in [-0.15, -0.1) is 0 Å². The van der Waals surface area contributed by atoms with Crippen LogP contribution in [0.4, 0.5) is 38.5 Å². The number of urea groups is 1. The number of carbonyl (C=O) groups excluding carboxylic acids is 1. The molecular weight excluding hydrogens is 627 g/mol. The third kappa shape index (κ3) is 7.53. The van der Waals surface area contributed by atoms with Crippen molar-refractivity contribution in [1.29, 1.82) is 0 Å². The molecule has 3 N–H and O–H groups in total. The van der Waals surface area contributed by atoms with Gasteiger partial charge in [0.1, 0.15) is 22.8 Å². The molecule has 1 fully saturated rings. The molecule has 1 aliphatic rings. The van der Waals surface area contributed by atoms with E-state index in [2.05, 4.69) is 45.8 Å². The van der Waals surface area contributed by atoms with Crippen molar-refractivity contribution < 1.29 is 31.5 Å². The lowest BCUT2D eigenvalue weighted by Gasteiger charge is -2.36. The highest BCUT2D eigenvalue weighted by molar-refractivity contribution is 6.32. The summed E-state index contributed by atoms with van der Waals surface area (Å²) < 4.78 is 71.7. The van der Waals surface area contributed by atoms with E-state index in [4.69, 9.17) is 16.3 Å². The number of rotatable bonds is 9. The number of ether oxygens (including phenoxy) is 1. The lowest BCUT2D eigenvalue weighted by molar-refractivity contribution is -0.137. The van der Waals surface area contributed by atoms with Crippen molar-refractivity contribution in [3.05, 3.63) is 53.7 Å². The number of amides is 2. The molecule has 12 nitrogen and oxygen atoms in total. The Hall–Kier alpha value is -4.67. The van der Waals surface area contributed by atoms with Crippen LogP contribution in [0.2, 0.25) is 5.02 Å². The smallest absolute Gasteiger partial charge is 0.420 e. The molecule has 1 aliphatic carbocycles. The molecular formula is C27H26ClF5N10O2. The van der Waals surface area contributed by atoms with Gasteiger partial charge < -0.3 is 15.4 Å². The molecule has 0 aliphatic heterocycles. The van der Waals surface area contributed by atoms with Crippen molar-refractivity contribution >= 4 is 29.4 Å². The van der Waals surface area contributed by atoms with E-state index >= 15 is 0 Å². The first kappa shape index (κ1) is 31.7. The van der Waals surface area contributed by atoms with Crippen molar-refractivity contribution in [3.63, 3.8) is 0 Å². The number of aromatic amines is 1. The number of alkyl halides is 5. The minimum atomic E-state index is -4.74. The number of methoxy groups -OCH3 is 1. The van der Waals surface area contributed by atoms with Crippen LogP contribution in [0.25, 0.3) is 22.5 Å². The minimum Gasteiger partial charge on any atom is -0.467 e. The van der Waals surface area contributed by atoms with Gasteiger partial charge in [-0.1, -0.05) is 11.6 Å². The number of nitrogens with zero attached hydrogens (tertiary/aromatic N) is 7. The van der Waals surface area contributed by atoms with E-state index in [0.29, 0.717) is 43.0 Å². The summed E-state index contributed by atoms with van der Waals surface area (Å²) in [6, 6.07) is 2.12. The summed E-state index contributed by atoms with van der Waals surface area (Å²) in [5.41, 5.74) is -0.416. The second-order valence-corrected chi connectivity index (χ2v) is 10.4. The number of carbonyl (C=O) groups is 1. The summed E-state index contributed by atoms with van der Waals surface area (Å²) in [5, 5.41) is 11.5. The first-order valence-corrected chi connectivity index (χ1v) is 14.0. The van der Waals surface area contributed by atoms with Crippen molar-refractivity contribution in [2.45, 2.75) is 50.4 Å². The highest BCUT2D eigenvalue weighted by atomic mass is 35.5. The fourth-order valence-corrected chi connectivity index (χ4v) is 5.10. The SMILES string of the molecule is COc1ncc(-c2ccc(N(C(=O)NCC(F)F)C3CCC(Nc4ncc(C(F)(F)F)c(-c5n[nH]cc5Cl)n4)CC3)nc2)cn1. The predicted molar refractivity (Wildman–Crippen MR) is 153 cm³/mol. The normalized spacial score (nSPS) is 16.8. The van der Waals surface area contributed by atoms with Gasteiger partial charge in [0.2, 0.25) is 5.95 Å². The van der Waals surface area contributed by atoms with Crippen molar-refractivity contribution in [1.82, 2.24) is 40.4 Å². The molecule has 0 radical (unpaired) electrons. The number of hydrogen-bond donors (Lipinski definition) is 3. The molecule has 18 heteroatoms. The Morgan fingerprint density at radius 2 is 1.76 bits per heavy atom.